The van der Waals surface area contributed by atoms with Gasteiger partial charge >= 0.3 is 0 Å². The number of hydrazine groups is 1. The van der Waals surface area contributed by atoms with Crippen LogP contribution in [-0.4, -0.2) is 24.9 Å². The van der Waals surface area contributed by atoms with Crippen molar-refractivity contribution in [1.29, 1.82) is 0 Å². The van der Waals surface area contributed by atoms with E-state index in [-0.39, 0.29) is 19.0 Å². The standard InChI is InChI=1S/C4H10N4O2/c5-3(9)1-7-4(10)2-8-6/h8H,1-2,6H2,(H2,5,9)(H,7,10). The molecule has 2 amide bonds. The van der Waals surface area contributed by atoms with Gasteiger partial charge in [-0.25, -0.2) is 0 Å². The average Bonchev–Trinajstić information content (AvgIpc) is 1.85. The molecule has 0 aliphatic heterocycles. The van der Waals surface area contributed by atoms with Gasteiger partial charge in [0.25, 0.3) is 0 Å². The number of carbonyl (C=O) groups is 2. The average molecular weight is 146 g/mol. The molecule has 6 N–H and O–H groups in total. The summed E-state index contributed by atoms with van der Waals surface area (Å²) in [6, 6.07) is 0. The Bertz CT molecular complexity index is 135. The summed E-state index contributed by atoms with van der Waals surface area (Å²) in [6.45, 7) is -0.173. The molecule has 6 heteroatoms. The zero-order chi connectivity index (χ0) is 7.98. The second-order valence-electron chi connectivity index (χ2n) is 1.62. The van der Waals surface area contributed by atoms with E-state index < -0.39 is 5.91 Å². The summed E-state index contributed by atoms with van der Waals surface area (Å²) in [4.78, 5) is 20.5. The van der Waals surface area contributed by atoms with Crippen LogP contribution in [0.5, 0.6) is 0 Å². The number of nitrogens with two attached hydrogens (primary N) is 2. The largest absolute Gasteiger partial charge is 0.368 e. The highest BCUT2D eigenvalue weighted by molar-refractivity contribution is 5.84. The van der Waals surface area contributed by atoms with Crippen LogP contribution in [0.4, 0.5) is 0 Å². The molecule has 0 radical (unpaired) electrons. The molecule has 0 rings (SSSR count). The minimum atomic E-state index is -0.578. The van der Waals surface area contributed by atoms with E-state index in [1.807, 2.05) is 0 Å². The molecule has 0 atom stereocenters. The van der Waals surface area contributed by atoms with E-state index in [1.165, 1.54) is 0 Å². The summed E-state index contributed by atoms with van der Waals surface area (Å²) >= 11 is 0. The summed E-state index contributed by atoms with van der Waals surface area (Å²) in [7, 11) is 0. The Morgan fingerprint density at radius 2 is 1.90 bits per heavy atom. The van der Waals surface area contributed by atoms with Gasteiger partial charge in [0.2, 0.25) is 11.8 Å². The Morgan fingerprint density at radius 1 is 1.30 bits per heavy atom. The number of primary amides is 1. The second kappa shape index (κ2) is 4.71. The van der Waals surface area contributed by atoms with Gasteiger partial charge in [-0.05, 0) is 0 Å². The van der Waals surface area contributed by atoms with E-state index in [1.54, 1.807) is 0 Å². The molecule has 0 heterocycles. The topological polar surface area (TPSA) is 110 Å². The van der Waals surface area contributed by atoms with Crippen molar-refractivity contribution in [3.05, 3.63) is 0 Å². The third-order valence-corrected chi connectivity index (χ3v) is 0.722. The maximum absolute atomic E-state index is 10.5. The van der Waals surface area contributed by atoms with Gasteiger partial charge in [0.15, 0.2) is 0 Å². The Kier molecular flexibility index (Phi) is 4.17. The van der Waals surface area contributed by atoms with Crippen LogP contribution in [0.25, 0.3) is 0 Å². The minimum absolute atomic E-state index is 0.0206. The summed E-state index contributed by atoms with van der Waals surface area (Å²) in [6.07, 6.45) is 0. The first kappa shape index (κ1) is 8.86. The molecule has 0 saturated heterocycles. The minimum Gasteiger partial charge on any atom is -0.368 e. The van der Waals surface area contributed by atoms with Crippen molar-refractivity contribution in [3.63, 3.8) is 0 Å². The first-order valence-electron chi connectivity index (χ1n) is 2.65. The second-order valence-corrected chi connectivity index (χ2v) is 1.62. The van der Waals surface area contributed by atoms with Crippen molar-refractivity contribution in [1.82, 2.24) is 10.7 Å². The third-order valence-electron chi connectivity index (χ3n) is 0.722. The van der Waals surface area contributed by atoms with Gasteiger partial charge in [0.1, 0.15) is 0 Å². The molecule has 0 aromatic heterocycles. The molecular formula is C4H10N4O2. The Labute approximate surface area is 57.9 Å². The Hall–Kier alpha value is -1.14. The fraction of sp³-hybridized carbons (Fsp3) is 0.500. The van der Waals surface area contributed by atoms with Crippen LogP contribution in [0.3, 0.4) is 0 Å². The fourth-order valence-corrected chi connectivity index (χ4v) is 0.341. The zero-order valence-corrected chi connectivity index (χ0v) is 5.39. The first-order chi connectivity index (χ1) is 4.66. The maximum atomic E-state index is 10.5. The lowest BCUT2D eigenvalue weighted by Gasteiger charge is -1.99. The number of rotatable bonds is 4. The third kappa shape index (κ3) is 5.01. The first-order valence-corrected chi connectivity index (χ1v) is 2.65. The number of carbonyl (C=O) groups excluding carboxylic acids is 2. The van der Waals surface area contributed by atoms with E-state index in [2.05, 4.69) is 10.7 Å². The van der Waals surface area contributed by atoms with Crippen molar-refractivity contribution in [3.8, 4) is 0 Å². The van der Waals surface area contributed by atoms with Crippen LogP contribution in [0.15, 0.2) is 0 Å². The van der Waals surface area contributed by atoms with Gasteiger partial charge in [0.05, 0.1) is 13.1 Å². The Balaban J connectivity index is 3.30. The SMILES string of the molecule is NNCC(=O)NCC(N)=O. The lowest BCUT2D eigenvalue weighted by molar-refractivity contribution is -0.124. The van der Waals surface area contributed by atoms with Gasteiger partial charge in [-0.15, -0.1) is 0 Å². The quantitative estimate of drug-likeness (QED) is 0.251. The maximum Gasteiger partial charge on any atom is 0.236 e. The molecule has 58 valence electrons. The molecule has 0 fully saturated rings. The van der Waals surface area contributed by atoms with Crippen molar-refractivity contribution in [2.24, 2.45) is 11.6 Å². The lowest BCUT2D eigenvalue weighted by Crippen LogP contribution is -2.40. The fourth-order valence-electron chi connectivity index (χ4n) is 0.341. The van der Waals surface area contributed by atoms with E-state index >= 15 is 0 Å². The van der Waals surface area contributed by atoms with Crippen LogP contribution in [0.2, 0.25) is 0 Å². The normalized spacial score (nSPS) is 8.90. The van der Waals surface area contributed by atoms with E-state index in [0.717, 1.165) is 0 Å². The highest BCUT2D eigenvalue weighted by Crippen LogP contribution is 1.60. The van der Waals surface area contributed by atoms with Crippen LogP contribution in [0, 0.1) is 0 Å². The lowest BCUT2D eigenvalue weighted by atomic mass is 10.5. The molecule has 0 bridgehead atoms. The molecule has 0 aliphatic rings. The molecule has 0 aromatic carbocycles. The summed E-state index contributed by atoms with van der Waals surface area (Å²) in [5, 5.41) is 2.23. The summed E-state index contributed by atoms with van der Waals surface area (Å²) in [5.41, 5.74) is 6.86. The molecule has 0 aliphatic carbocycles. The van der Waals surface area contributed by atoms with Crippen LogP contribution >= 0.6 is 0 Å². The van der Waals surface area contributed by atoms with Crippen LogP contribution in [0.1, 0.15) is 0 Å². The number of nitrogens with one attached hydrogen (secondary N) is 2. The number of hydrogen-bond donors (Lipinski definition) is 4. The van der Waals surface area contributed by atoms with Gasteiger partial charge in [-0.3, -0.25) is 20.9 Å². The molecule has 0 saturated carbocycles. The van der Waals surface area contributed by atoms with Gasteiger partial charge < -0.3 is 11.1 Å². The van der Waals surface area contributed by atoms with Gasteiger partial charge in [-0.1, -0.05) is 0 Å². The zero-order valence-electron chi connectivity index (χ0n) is 5.39. The van der Waals surface area contributed by atoms with E-state index in [9.17, 15) is 9.59 Å². The molecule has 0 unspecified atom stereocenters. The van der Waals surface area contributed by atoms with Crippen molar-refractivity contribution >= 4 is 11.8 Å². The molecule has 10 heavy (non-hydrogen) atoms. The van der Waals surface area contributed by atoms with E-state index in [0.29, 0.717) is 0 Å². The highest BCUT2D eigenvalue weighted by Gasteiger charge is 1.98. The number of amides is 2. The number of hydrogen-bond acceptors (Lipinski definition) is 4. The van der Waals surface area contributed by atoms with Crippen molar-refractivity contribution in [2.75, 3.05) is 13.1 Å². The predicted octanol–water partition coefficient (Wildman–Crippen LogP) is -2.95. The van der Waals surface area contributed by atoms with Crippen LogP contribution < -0.4 is 22.3 Å². The van der Waals surface area contributed by atoms with Crippen molar-refractivity contribution < 1.29 is 9.59 Å². The molecule has 6 nitrogen and oxygen atoms in total. The van der Waals surface area contributed by atoms with Crippen molar-refractivity contribution in [2.45, 2.75) is 0 Å². The Morgan fingerprint density at radius 3 is 2.30 bits per heavy atom. The molecular weight excluding hydrogens is 136 g/mol. The molecule has 0 spiro atoms. The summed E-state index contributed by atoms with van der Waals surface area (Å²) < 4.78 is 0. The highest BCUT2D eigenvalue weighted by atomic mass is 16.2. The summed E-state index contributed by atoms with van der Waals surface area (Å²) in [5.74, 6) is 3.87. The predicted molar refractivity (Wildman–Crippen MR) is 34.4 cm³/mol. The van der Waals surface area contributed by atoms with Gasteiger partial charge in [0, 0.05) is 0 Å². The van der Waals surface area contributed by atoms with E-state index in [4.69, 9.17) is 11.6 Å². The molecule has 0 aromatic rings. The monoisotopic (exact) mass is 146 g/mol. The van der Waals surface area contributed by atoms with Crippen LogP contribution in [-0.2, 0) is 9.59 Å². The smallest absolute Gasteiger partial charge is 0.236 e. The van der Waals surface area contributed by atoms with Gasteiger partial charge in [-0.2, -0.15) is 0 Å².